The molecule has 0 amide bonds. The predicted molar refractivity (Wildman–Crippen MR) is 113 cm³/mol. The van der Waals surface area contributed by atoms with Gasteiger partial charge in [-0.15, -0.1) is 0 Å². The van der Waals surface area contributed by atoms with Gasteiger partial charge in [0, 0.05) is 14.7 Å². The summed E-state index contributed by atoms with van der Waals surface area (Å²) >= 11 is 5.07. The molecule has 0 fully saturated rings. The minimum absolute atomic E-state index is 0.0659. The van der Waals surface area contributed by atoms with Gasteiger partial charge in [0.2, 0.25) is 5.95 Å². The van der Waals surface area contributed by atoms with Crippen molar-refractivity contribution in [2.24, 2.45) is 5.10 Å². The summed E-state index contributed by atoms with van der Waals surface area (Å²) in [5, 5.41) is 13.2. The third-order valence-corrected chi connectivity index (χ3v) is 5.16. The summed E-state index contributed by atoms with van der Waals surface area (Å²) in [6, 6.07) is 14.1. The summed E-state index contributed by atoms with van der Waals surface area (Å²) in [5.74, 6) is -0.313. The fourth-order valence-electron chi connectivity index (χ4n) is 2.24. The molecule has 0 aliphatic rings. The Bertz CT molecular complexity index is 1130. The number of halogens is 3. The van der Waals surface area contributed by atoms with Crippen LogP contribution in [0.2, 0.25) is 0 Å². The monoisotopic (exact) mass is 537 g/mol. The molecule has 0 aliphatic carbocycles. The molecule has 3 rings (SSSR count). The molecular weight excluding hydrogens is 528 g/mol. The molecule has 2 N–H and O–H groups in total. The number of anilines is 1. The Kier molecular flexibility index (Phi) is 5.98. The van der Waals surface area contributed by atoms with Crippen LogP contribution in [0, 0.1) is 20.7 Å². The fourth-order valence-corrected chi connectivity index (χ4v) is 3.51. The summed E-state index contributed by atoms with van der Waals surface area (Å²) in [6.45, 7) is 0. The lowest BCUT2D eigenvalue weighted by Gasteiger charge is -2.06. The molecule has 27 heavy (non-hydrogen) atoms. The Morgan fingerprint density at radius 1 is 1.30 bits per heavy atom. The van der Waals surface area contributed by atoms with Crippen LogP contribution >= 0.6 is 38.5 Å². The van der Waals surface area contributed by atoms with Crippen LogP contribution < -0.4 is 11.0 Å². The van der Waals surface area contributed by atoms with Crippen molar-refractivity contribution < 1.29 is 4.39 Å². The quantitative estimate of drug-likeness (QED) is 0.225. The van der Waals surface area contributed by atoms with E-state index < -0.39 is 5.56 Å². The Balaban J connectivity index is 1.93. The Morgan fingerprint density at radius 3 is 2.74 bits per heavy atom. The lowest BCUT2D eigenvalue weighted by atomic mass is 10.1. The van der Waals surface area contributed by atoms with Gasteiger partial charge < -0.3 is 0 Å². The van der Waals surface area contributed by atoms with Crippen LogP contribution in [0.4, 0.5) is 10.3 Å². The first-order chi connectivity index (χ1) is 13.0. The molecule has 6 nitrogen and oxygen atoms in total. The van der Waals surface area contributed by atoms with Crippen molar-refractivity contribution in [2.75, 3.05) is 5.43 Å². The number of nitrogens with zero attached hydrogens (tertiary/aromatic N) is 3. The molecular formula is C18H10BrFIN5O. The van der Waals surface area contributed by atoms with Crippen LogP contribution in [0.25, 0.3) is 11.3 Å². The van der Waals surface area contributed by atoms with Gasteiger partial charge in [0.05, 0.1) is 16.4 Å². The van der Waals surface area contributed by atoms with E-state index >= 15 is 0 Å². The fraction of sp³-hybridized carbons (Fsp3) is 0. The van der Waals surface area contributed by atoms with Crippen molar-refractivity contribution in [3.8, 4) is 17.3 Å². The van der Waals surface area contributed by atoms with E-state index in [0.29, 0.717) is 14.7 Å². The molecule has 0 bridgehead atoms. The maximum absolute atomic E-state index is 13.9. The van der Waals surface area contributed by atoms with Gasteiger partial charge in [0.25, 0.3) is 5.56 Å². The van der Waals surface area contributed by atoms with Crippen LogP contribution in [0.15, 0.2) is 56.8 Å². The first-order valence-corrected chi connectivity index (χ1v) is 9.41. The number of nitrogens with one attached hydrogen (secondary N) is 2. The molecule has 0 radical (unpaired) electrons. The highest BCUT2D eigenvalue weighted by atomic mass is 127. The lowest BCUT2D eigenvalue weighted by molar-refractivity contribution is 0.613. The molecule has 3 aromatic rings. The second-order valence-electron chi connectivity index (χ2n) is 5.25. The van der Waals surface area contributed by atoms with Crippen LogP contribution in [-0.2, 0) is 0 Å². The normalized spacial score (nSPS) is 10.7. The van der Waals surface area contributed by atoms with Gasteiger partial charge in [-0.2, -0.15) is 10.4 Å². The number of hydrogen-bond acceptors (Lipinski definition) is 5. The van der Waals surface area contributed by atoms with E-state index in [0.717, 1.165) is 0 Å². The van der Waals surface area contributed by atoms with Gasteiger partial charge in [-0.25, -0.2) is 14.8 Å². The van der Waals surface area contributed by atoms with Crippen molar-refractivity contribution in [3.63, 3.8) is 0 Å². The van der Waals surface area contributed by atoms with Crippen molar-refractivity contribution in [1.82, 2.24) is 9.97 Å². The molecule has 0 unspecified atom stereocenters. The first-order valence-electron chi connectivity index (χ1n) is 7.53. The zero-order valence-corrected chi connectivity index (χ0v) is 17.2. The molecule has 0 saturated carbocycles. The van der Waals surface area contributed by atoms with E-state index in [4.69, 9.17) is 0 Å². The number of H-pyrrole nitrogens is 1. The second kappa shape index (κ2) is 8.41. The standard InChI is InChI=1S/C18H10BrFIN5O/c19-14-11(6-7-13(21)15(14)20)9-23-26-18-24-16(10-4-2-1-3-5-10)12(8-22)17(27)25-18/h1-7,9H,(H2,24,25,26,27). The third-order valence-electron chi connectivity index (χ3n) is 3.52. The van der Waals surface area contributed by atoms with Crippen LogP contribution in [0.3, 0.4) is 0 Å². The zero-order chi connectivity index (χ0) is 19.4. The number of hydrogen-bond donors (Lipinski definition) is 2. The van der Waals surface area contributed by atoms with Crippen molar-refractivity contribution in [3.05, 3.63) is 77.8 Å². The van der Waals surface area contributed by atoms with E-state index in [1.54, 1.807) is 36.4 Å². The highest BCUT2D eigenvalue weighted by Gasteiger charge is 2.13. The highest BCUT2D eigenvalue weighted by Crippen LogP contribution is 2.24. The Morgan fingerprint density at radius 2 is 2.04 bits per heavy atom. The smallest absolute Gasteiger partial charge is 0.270 e. The van der Waals surface area contributed by atoms with E-state index in [2.05, 4.69) is 36.4 Å². The predicted octanol–water partition coefficient (Wildman–Crippen LogP) is 4.26. The molecule has 0 atom stereocenters. The summed E-state index contributed by atoms with van der Waals surface area (Å²) < 4.78 is 14.7. The second-order valence-corrected chi connectivity index (χ2v) is 7.21. The largest absolute Gasteiger partial charge is 0.290 e. The van der Waals surface area contributed by atoms with Crippen LogP contribution in [-0.4, -0.2) is 16.2 Å². The van der Waals surface area contributed by atoms with Gasteiger partial charge in [0.15, 0.2) is 5.82 Å². The first kappa shape index (κ1) is 19.2. The van der Waals surface area contributed by atoms with Gasteiger partial charge in [-0.3, -0.25) is 9.78 Å². The molecule has 1 heterocycles. The molecule has 0 aliphatic heterocycles. The van der Waals surface area contributed by atoms with Gasteiger partial charge in [-0.05, 0) is 44.6 Å². The van der Waals surface area contributed by atoms with E-state index in [-0.39, 0.29) is 27.5 Å². The zero-order valence-electron chi connectivity index (χ0n) is 13.5. The van der Waals surface area contributed by atoms with E-state index in [1.165, 1.54) is 6.21 Å². The number of nitriles is 1. The molecule has 0 saturated heterocycles. The number of aromatic nitrogens is 2. The SMILES string of the molecule is N#Cc1c(-c2ccccc2)nc(NN=Cc2ccc(I)c(F)c2Br)[nH]c1=O. The lowest BCUT2D eigenvalue weighted by Crippen LogP contribution is -2.16. The van der Waals surface area contributed by atoms with Crippen molar-refractivity contribution in [1.29, 1.82) is 5.26 Å². The third kappa shape index (κ3) is 4.23. The molecule has 0 spiro atoms. The molecule has 2 aromatic carbocycles. The number of aromatic amines is 1. The minimum atomic E-state index is -0.578. The minimum Gasteiger partial charge on any atom is -0.290 e. The number of benzene rings is 2. The number of rotatable bonds is 4. The topological polar surface area (TPSA) is 93.9 Å². The van der Waals surface area contributed by atoms with Crippen LogP contribution in [0.1, 0.15) is 11.1 Å². The summed E-state index contributed by atoms with van der Waals surface area (Å²) in [5.41, 5.74) is 3.34. The van der Waals surface area contributed by atoms with Crippen molar-refractivity contribution in [2.45, 2.75) is 0 Å². The van der Waals surface area contributed by atoms with Gasteiger partial charge in [0.1, 0.15) is 11.6 Å². The molecule has 134 valence electrons. The maximum atomic E-state index is 13.9. The van der Waals surface area contributed by atoms with E-state index in [1.807, 2.05) is 34.7 Å². The van der Waals surface area contributed by atoms with Gasteiger partial charge >= 0.3 is 0 Å². The highest BCUT2D eigenvalue weighted by molar-refractivity contribution is 14.1. The average molecular weight is 538 g/mol. The average Bonchev–Trinajstić information content (AvgIpc) is 2.68. The van der Waals surface area contributed by atoms with Gasteiger partial charge in [-0.1, -0.05) is 36.4 Å². The van der Waals surface area contributed by atoms with E-state index in [9.17, 15) is 14.4 Å². The summed E-state index contributed by atoms with van der Waals surface area (Å²) in [6.07, 6.45) is 1.39. The summed E-state index contributed by atoms with van der Waals surface area (Å²) in [7, 11) is 0. The molecule has 1 aromatic heterocycles. The van der Waals surface area contributed by atoms with Crippen molar-refractivity contribution >= 4 is 50.7 Å². The number of hydrazone groups is 1. The summed E-state index contributed by atoms with van der Waals surface area (Å²) in [4.78, 5) is 18.9. The van der Waals surface area contributed by atoms with Crippen LogP contribution in [0.5, 0.6) is 0 Å². The Labute approximate surface area is 175 Å². The Hall–Kier alpha value is -2.58. The maximum Gasteiger partial charge on any atom is 0.270 e. The molecule has 9 heteroatoms.